The molecule has 0 radical (unpaired) electrons. The Morgan fingerprint density at radius 2 is 2.00 bits per heavy atom. The van der Waals surface area contributed by atoms with Crippen molar-refractivity contribution in [2.75, 3.05) is 18.5 Å². The molecule has 0 heterocycles. The van der Waals surface area contributed by atoms with Crippen LogP contribution in [0.5, 0.6) is 0 Å². The third kappa shape index (κ3) is 3.46. The zero-order chi connectivity index (χ0) is 12.1. The highest BCUT2D eigenvalue weighted by molar-refractivity contribution is 9.10. The molecule has 1 saturated carbocycles. The molecule has 0 aliphatic heterocycles. The van der Waals surface area contributed by atoms with Crippen molar-refractivity contribution >= 4 is 21.6 Å². The number of nitrogens with one attached hydrogen (secondary N) is 1. The first-order valence-corrected chi connectivity index (χ1v) is 7.14. The van der Waals surface area contributed by atoms with Gasteiger partial charge in [0, 0.05) is 22.1 Å². The Balaban J connectivity index is 1.95. The first kappa shape index (κ1) is 12.9. The maximum absolute atomic E-state index is 9.62. The van der Waals surface area contributed by atoms with Crippen LogP contribution in [0.25, 0.3) is 0 Å². The van der Waals surface area contributed by atoms with E-state index < -0.39 is 0 Å². The Morgan fingerprint density at radius 3 is 2.65 bits per heavy atom. The van der Waals surface area contributed by atoms with Gasteiger partial charge in [-0.25, -0.2) is 0 Å². The van der Waals surface area contributed by atoms with Crippen LogP contribution in [0.15, 0.2) is 28.7 Å². The minimum Gasteiger partial charge on any atom is -0.396 e. The minimum atomic E-state index is 0.0978. The molecule has 0 unspecified atom stereocenters. The molecule has 1 fully saturated rings. The second-order valence-corrected chi connectivity index (χ2v) is 6.00. The number of aliphatic hydroxyl groups excluding tert-OH is 1. The van der Waals surface area contributed by atoms with Crippen LogP contribution in [0.1, 0.15) is 32.1 Å². The highest BCUT2D eigenvalue weighted by atomic mass is 79.9. The lowest BCUT2D eigenvalue weighted by atomic mass is 9.74. The summed E-state index contributed by atoms with van der Waals surface area (Å²) >= 11 is 3.47. The van der Waals surface area contributed by atoms with Crippen molar-refractivity contribution in [2.45, 2.75) is 32.1 Å². The van der Waals surface area contributed by atoms with Gasteiger partial charge in [-0.15, -0.1) is 0 Å². The van der Waals surface area contributed by atoms with Gasteiger partial charge in [0.15, 0.2) is 0 Å². The van der Waals surface area contributed by atoms with E-state index in [0.717, 1.165) is 29.5 Å². The predicted molar refractivity (Wildman–Crippen MR) is 75.2 cm³/mol. The summed E-state index contributed by atoms with van der Waals surface area (Å²) in [5, 5.41) is 13.1. The quantitative estimate of drug-likeness (QED) is 0.886. The van der Waals surface area contributed by atoms with E-state index in [9.17, 15) is 5.11 Å². The molecule has 2 N–H and O–H groups in total. The average Bonchev–Trinajstić information content (AvgIpc) is 2.38. The Kier molecular flexibility index (Phi) is 4.46. The summed E-state index contributed by atoms with van der Waals surface area (Å²) in [5.74, 6) is 0. The molecule has 94 valence electrons. The van der Waals surface area contributed by atoms with Gasteiger partial charge < -0.3 is 10.4 Å². The Labute approximate surface area is 112 Å². The van der Waals surface area contributed by atoms with Crippen molar-refractivity contribution < 1.29 is 5.11 Å². The second-order valence-electron chi connectivity index (χ2n) is 5.08. The van der Waals surface area contributed by atoms with Gasteiger partial charge in [-0.3, -0.25) is 0 Å². The lowest BCUT2D eigenvalue weighted by Gasteiger charge is -2.36. The fourth-order valence-corrected chi connectivity index (χ4v) is 2.98. The first-order chi connectivity index (χ1) is 8.24. The molecule has 1 aromatic carbocycles. The maximum Gasteiger partial charge on any atom is 0.0504 e. The van der Waals surface area contributed by atoms with Crippen LogP contribution in [0, 0.1) is 5.41 Å². The minimum absolute atomic E-state index is 0.0978. The molecule has 17 heavy (non-hydrogen) atoms. The predicted octanol–water partition coefficient (Wildman–Crippen LogP) is 3.80. The molecule has 0 aromatic heterocycles. The summed E-state index contributed by atoms with van der Waals surface area (Å²) in [7, 11) is 0. The number of aliphatic hydroxyl groups is 1. The molecule has 0 bridgehead atoms. The molecular formula is C14H20BrNO. The van der Waals surface area contributed by atoms with Crippen molar-refractivity contribution in [3.8, 4) is 0 Å². The van der Waals surface area contributed by atoms with Gasteiger partial charge in [0.1, 0.15) is 0 Å². The highest BCUT2D eigenvalue weighted by Crippen LogP contribution is 2.36. The SMILES string of the molecule is OCC1(CNc2cccc(Br)c2)CCCCC1. The summed E-state index contributed by atoms with van der Waals surface area (Å²) in [6, 6.07) is 8.19. The molecule has 0 saturated heterocycles. The zero-order valence-corrected chi connectivity index (χ0v) is 11.7. The number of halogens is 1. The molecule has 1 aromatic rings. The van der Waals surface area contributed by atoms with Crippen molar-refractivity contribution in [3.63, 3.8) is 0 Å². The molecule has 0 atom stereocenters. The van der Waals surface area contributed by atoms with Crippen LogP contribution in [-0.2, 0) is 0 Å². The van der Waals surface area contributed by atoms with Crippen LogP contribution >= 0.6 is 15.9 Å². The summed E-state index contributed by atoms with van der Waals surface area (Å²) < 4.78 is 1.09. The summed E-state index contributed by atoms with van der Waals surface area (Å²) in [6.07, 6.45) is 6.11. The van der Waals surface area contributed by atoms with Crippen LogP contribution in [0.2, 0.25) is 0 Å². The fourth-order valence-electron chi connectivity index (χ4n) is 2.58. The monoisotopic (exact) mass is 297 g/mol. The van der Waals surface area contributed by atoms with Gasteiger partial charge >= 0.3 is 0 Å². The number of anilines is 1. The van der Waals surface area contributed by atoms with Gasteiger partial charge in [-0.2, -0.15) is 0 Å². The summed E-state index contributed by atoms with van der Waals surface area (Å²) in [4.78, 5) is 0. The smallest absolute Gasteiger partial charge is 0.0504 e. The summed E-state index contributed by atoms with van der Waals surface area (Å²) in [5.41, 5.74) is 1.22. The summed E-state index contributed by atoms with van der Waals surface area (Å²) in [6.45, 7) is 1.17. The van der Waals surface area contributed by atoms with E-state index in [4.69, 9.17) is 0 Å². The van der Waals surface area contributed by atoms with Crippen LogP contribution < -0.4 is 5.32 Å². The molecule has 3 heteroatoms. The van der Waals surface area contributed by atoms with E-state index >= 15 is 0 Å². The molecule has 2 rings (SSSR count). The fraction of sp³-hybridized carbons (Fsp3) is 0.571. The second kappa shape index (κ2) is 5.87. The third-order valence-corrected chi connectivity index (χ3v) is 4.24. The molecule has 2 nitrogen and oxygen atoms in total. The van der Waals surface area contributed by atoms with E-state index in [1.165, 1.54) is 19.3 Å². The Hall–Kier alpha value is -0.540. The van der Waals surface area contributed by atoms with Gasteiger partial charge in [-0.05, 0) is 31.0 Å². The number of benzene rings is 1. The molecular weight excluding hydrogens is 278 g/mol. The van der Waals surface area contributed by atoms with Crippen molar-refractivity contribution in [1.82, 2.24) is 0 Å². The van der Waals surface area contributed by atoms with E-state index in [1.54, 1.807) is 0 Å². The van der Waals surface area contributed by atoms with Crippen LogP contribution in [0.4, 0.5) is 5.69 Å². The zero-order valence-electron chi connectivity index (χ0n) is 10.1. The Morgan fingerprint density at radius 1 is 1.24 bits per heavy atom. The van der Waals surface area contributed by atoms with E-state index in [-0.39, 0.29) is 5.41 Å². The van der Waals surface area contributed by atoms with E-state index in [1.807, 2.05) is 12.1 Å². The van der Waals surface area contributed by atoms with Crippen LogP contribution in [-0.4, -0.2) is 18.3 Å². The molecule has 0 spiro atoms. The van der Waals surface area contributed by atoms with Gasteiger partial charge in [0.25, 0.3) is 0 Å². The van der Waals surface area contributed by atoms with E-state index in [0.29, 0.717) is 6.61 Å². The molecule has 0 amide bonds. The van der Waals surface area contributed by atoms with E-state index in [2.05, 4.69) is 33.4 Å². The van der Waals surface area contributed by atoms with Crippen molar-refractivity contribution in [3.05, 3.63) is 28.7 Å². The normalized spacial score (nSPS) is 18.9. The van der Waals surface area contributed by atoms with Crippen molar-refractivity contribution in [2.24, 2.45) is 5.41 Å². The third-order valence-electron chi connectivity index (χ3n) is 3.74. The van der Waals surface area contributed by atoms with Gasteiger partial charge in [0.2, 0.25) is 0 Å². The molecule has 1 aliphatic rings. The van der Waals surface area contributed by atoms with Gasteiger partial charge in [-0.1, -0.05) is 41.3 Å². The standard InChI is InChI=1S/C14H20BrNO/c15-12-5-4-6-13(9-12)16-10-14(11-17)7-2-1-3-8-14/h4-6,9,16-17H,1-3,7-8,10-11H2. The highest BCUT2D eigenvalue weighted by Gasteiger charge is 2.30. The first-order valence-electron chi connectivity index (χ1n) is 6.34. The number of rotatable bonds is 4. The lowest BCUT2D eigenvalue weighted by molar-refractivity contribution is 0.0944. The Bertz CT molecular complexity index is 361. The lowest BCUT2D eigenvalue weighted by Crippen LogP contribution is -2.35. The number of hydrogen-bond donors (Lipinski definition) is 2. The largest absolute Gasteiger partial charge is 0.396 e. The maximum atomic E-state index is 9.62. The molecule has 1 aliphatic carbocycles. The number of hydrogen-bond acceptors (Lipinski definition) is 2. The topological polar surface area (TPSA) is 32.3 Å². The van der Waals surface area contributed by atoms with Crippen molar-refractivity contribution in [1.29, 1.82) is 0 Å². The van der Waals surface area contributed by atoms with Gasteiger partial charge in [0.05, 0.1) is 6.61 Å². The average molecular weight is 298 g/mol. The van der Waals surface area contributed by atoms with Crippen LogP contribution in [0.3, 0.4) is 0 Å².